The summed E-state index contributed by atoms with van der Waals surface area (Å²) in [6.45, 7) is 1.35. The standard InChI is InChI=1S/C18H18FN5O4S/c1-24-8-15-17(28-9-11-6-21-7-14(11)23-29(15,26)27)16(24)18(25)22-12-2-3-13(19)10(4-12)5-20/h2-4,8,11,14,21,23H,6-7,9H2,1H3,(H,22,25)/t11-,14-/m0/s1. The molecule has 2 aliphatic rings. The van der Waals surface area contributed by atoms with E-state index in [1.807, 2.05) is 0 Å². The molecule has 3 heterocycles. The van der Waals surface area contributed by atoms with E-state index in [-0.39, 0.29) is 46.2 Å². The minimum Gasteiger partial charge on any atom is -0.489 e. The summed E-state index contributed by atoms with van der Waals surface area (Å²) in [6, 6.07) is 5.01. The molecule has 3 N–H and O–H groups in total. The van der Waals surface area contributed by atoms with Crippen molar-refractivity contribution in [3.8, 4) is 11.8 Å². The molecule has 0 radical (unpaired) electrons. The fourth-order valence-electron chi connectivity index (χ4n) is 3.55. The molecule has 0 saturated carbocycles. The Morgan fingerprint density at radius 1 is 1.41 bits per heavy atom. The summed E-state index contributed by atoms with van der Waals surface area (Å²) in [5.74, 6) is -1.44. The van der Waals surface area contributed by atoms with Gasteiger partial charge in [0.15, 0.2) is 11.4 Å². The van der Waals surface area contributed by atoms with E-state index in [1.54, 1.807) is 6.07 Å². The van der Waals surface area contributed by atoms with Crippen LogP contribution in [0.25, 0.3) is 0 Å². The highest BCUT2D eigenvalue weighted by Gasteiger charge is 2.38. The normalized spacial score (nSPS) is 22.4. The van der Waals surface area contributed by atoms with E-state index in [0.717, 1.165) is 6.07 Å². The lowest BCUT2D eigenvalue weighted by atomic mass is 10.1. The molecule has 29 heavy (non-hydrogen) atoms. The number of sulfonamides is 1. The number of nitriles is 1. The number of hydrogen-bond acceptors (Lipinski definition) is 6. The van der Waals surface area contributed by atoms with Crippen LogP contribution in [0.1, 0.15) is 16.1 Å². The number of nitrogens with zero attached hydrogens (tertiary/aromatic N) is 2. The molecule has 9 nitrogen and oxygen atoms in total. The number of amides is 1. The van der Waals surface area contributed by atoms with Gasteiger partial charge in [-0.05, 0) is 18.2 Å². The molecule has 1 amide bonds. The molecule has 0 aliphatic carbocycles. The van der Waals surface area contributed by atoms with Gasteiger partial charge < -0.3 is 19.9 Å². The lowest BCUT2D eigenvalue weighted by Gasteiger charge is -2.24. The van der Waals surface area contributed by atoms with Crippen molar-refractivity contribution in [2.45, 2.75) is 10.9 Å². The fourth-order valence-corrected chi connectivity index (χ4v) is 5.05. The lowest BCUT2D eigenvalue weighted by Crippen LogP contribution is -2.43. The molecule has 2 aliphatic heterocycles. The molecule has 0 unspecified atom stereocenters. The molecule has 152 valence electrons. The third kappa shape index (κ3) is 3.46. The number of ether oxygens (including phenoxy) is 1. The minimum absolute atomic E-state index is 0.0117. The first-order valence-electron chi connectivity index (χ1n) is 8.86. The summed E-state index contributed by atoms with van der Waals surface area (Å²) in [6.07, 6.45) is 1.32. The SMILES string of the molecule is Cn1cc2c(c1C(=O)Nc1ccc(F)c(C#N)c1)OC[C@@H]1CNC[C@@H]1NS2(=O)=O. The van der Waals surface area contributed by atoms with Crippen molar-refractivity contribution in [1.29, 1.82) is 5.26 Å². The molecule has 1 fully saturated rings. The van der Waals surface area contributed by atoms with Gasteiger partial charge in [0.05, 0.1) is 12.2 Å². The lowest BCUT2D eigenvalue weighted by molar-refractivity contribution is 0.101. The van der Waals surface area contributed by atoms with Crippen LogP contribution in [-0.2, 0) is 17.1 Å². The first-order valence-corrected chi connectivity index (χ1v) is 10.3. The molecule has 0 spiro atoms. The summed E-state index contributed by atoms with van der Waals surface area (Å²) >= 11 is 0. The molecule has 1 aromatic heterocycles. The largest absolute Gasteiger partial charge is 0.489 e. The number of fused-ring (bicyclic) bond motifs is 2. The second-order valence-corrected chi connectivity index (χ2v) is 8.68. The van der Waals surface area contributed by atoms with Gasteiger partial charge in [0.2, 0.25) is 10.0 Å². The van der Waals surface area contributed by atoms with Crippen LogP contribution in [0.2, 0.25) is 0 Å². The number of rotatable bonds is 2. The van der Waals surface area contributed by atoms with Crippen molar-refractivity contribution >= 4 is 21.6 Å². The summed E-state index contributed by atoms with van der Waals surface area (Å²) in [7, 11) is -2.35. The zero-order valence-corrected chi connectivity index (χ0v) is 16.2. The van der Waals surface area contributed by atoms with Crippen molar-refractivity contribution < 1.29 is 22.3 Å². The number of carbonyl (C=O) groups is 1. The Balaban J connectivity index is 1.70. The van der Waals surface area contributed by atoms with Crippen LogP contribution < -0.4 is 20.1 Å². The molecule has 1 aromatic carbocycles. The summed E-state index contributed by atoms with van der Waals surface area (Å²) < 4.78 is 49.0. The van der Waals surface area contributed by atoms with Crippen LogP contribution in [0.15, 0.2) is 29.3 Å². The Labute approximate surface area is 166 Å². The predicted octanol–water partition coefficient (Wildman–Crippen LogP) is 0.547. The van der Waals surface area contributed by atoms with E-state index in [0.29, 0.717) is 13.1 Å². The molecule has 2 atom stereocenters. The van der Waals surface area contributed by atoms with Gasteiger partial charge in [-0.2, -0.15) is 5.26 Å². The number of aromatic nitrogens is 1. The zero-order valence-electron chi connectivity index (χ0n) is 15.4. The summed E-state index contributed by atoms with van der Waals surface area (Å²) in [5, 5.41) is 14.6. The molecular formula is C18H18FN5O4S. The van der Waals surface area contributed by atoms with E-state index >= 15 is 0 Å². The first-order chi connectivity index (χ1) is 13.8. The van der Waals surface area contributed by atoms with E-state index in [9.17, 15) is 17.6 Å². The van der Waals surface area contributed by atoms with Crippen molar-refractivity contribution in [3.05, 3.63) is 41.5 Å². The Morgan fingerprint density at radius 2 is 2.21 bits per heavy atom. The minimum atomic E-state index is -3.89. The van der Waals surface area contributed by atoms with Gasteiger partial charge in [-0.3, -0.25) is 4.79 Å². The van der Waals surface area contributed by atoms with Gasteiger partial charge in [-0.25, -0.2) is 17.5 Å². The molecule has 1 saturated heterocycles. The zero-order chi connectivity index (χ0) is 20.8. The first kappa shape index (κ1) is 19.4. The fraction of sp³-hybridized carbons (Fsp3) is 0.333. The highest BCUT2D eigenvalue weighted by Crippen LogP contribution is 2.33. The number of nitrogens with one attached hydrogen (secondary N) is 3. The van der Waals surface area contributed by atoms with Gasteiger partial charge >= 0.3 is 0 Å². The van der Waals surface area contributed by atoms with Crippen molar-refractivity contribution in [2.75, 3.05) is 25.0 Å². The monoisotopic (exact) mass is 419 g/mol. The predicted molar refractivity (Wildman–Crippen MR) is 100 cm³/mol. The highest BCUT2D eigenvalue weighted by molar-refractivity contribution is 7.89. The maximum absolute atomic E-state index is 13.5. The average molecular weight is 419 g/mol. The number of aryl methyl sites for hydroxylation is 1. The van der Waals surface area contributed by atoms with Gasteiger partial charge in [0, 0.05) is 44.0 Å². The van der Waals surface area contributed by atoms with Gasteiger partial charge in [-0.15, -0.1) is 0 Å². The van der Waals surface area contributed by atoms with Gasteiger partial charge in [0.25, 0.3) is 5.91 Å². The topological polar surface area (TPSA) is 125 Å². The van der Waals surface area contributed by atoms with Crippen LogP contribution in [-0.4, -0.2) is 44.6 Å². The van der Waals surface area contributed by atoms with Crippen LogP contribution in [0.4, 0.5) is 10.1 Å². The van der Waals surface area contributed by atoms with E-state index in [4.69, 9.17) is 10.00 Å². The molecule has 0 bridgehead atoms. The molecule has 4 rings (SSSR count). The maximum atomic E-state index is 13.5. The summed E-state index contributed by atoms with van der Waals surface area (Å²) in [4.78, 5) is 12.8. The number of hydrogen-bond donors (Lipinski definition) is 3. The summed E-state index contributed by atoms with van der Waals surface area (Å²) in [5.41, 5.74) is 0.000183. The van der Waals surface area contributed by atoms with Crippen LogP contribution in [0, 0.1) is 23.1 Å². The quantitative estimate of drug-likeness (QED) is 0.653. The van der Waals surface area contributed by atoms with Crippen LogP contribution in [0.5, 0.6) is 5.75 Å². The van der Waals surface area contributed by atoms with Crippen molar-refractivity contribution in [2.24, 2.45) is 13.0 Å². The molecular weight excluding hydrogens is 401 g/mol. The second kappa shape index (κ2) is 7.14. The second-order valence-electron chi connectivity index (χ2n) is 7.00. The van der Waals surface area contributed by atoms with Crippen molar-refractivity contribution in [3.63, 3.8) is 0 Å². The highest BCUT2D eigenvalue weighted by atomic mass is 32.2. The third-order valence-corrected chi connectivity index (χ3v) is 6.52. The van der Waals surface area contributed by atoms with Crippen LogP contribution in [0.3, 0.4) is 0 Å². The Hall–Kier alpha value is -2.94. The maximum Gasteiger partial charge on any atom is 0.276 e. The van der Waals surface area contributed by atoms with Crippen LogP contribution >= 0.6 is 0 Å². The molecule has 2 aromatic rings. The van der Waals surface area contributed by atoms with E-state index in [2.05, 4.69) is 15.4 Å². The average Bonchev–Trinajstić information content (AvgIpc) is 3.23. The number of carbonyl (C=O) groups excluding carboxylic acids is 1. The number of benzene rings is 1. The van der Waals surface area contributed by atoms with Gasteiger partial charge in [-0.1, -0.05) is 0 Å². The number of anilines is 1. The van der Waals surface area contributed by atoms with Gasteiger partial charge in [0.1, 0.15) is 16.8 Å². The Kier molecular flexibility index (Phi) is 4.77. The Bertz CT molecular complexity index is 1140. The van der Waals surface area contributed by atoms with E-state index in [1.165, 1.54) is 29.9 Å². The molecule has 11 heteroatoms. The third-order valence-electron chi connectivity index (χ3n) is 5.04. The smallest absolute Gasteiger partial charge is 0.276 e. The Morgan fingerprint density at radius 3 is 2.97 bits per heavy atom. The van der Waals surface area contributed by atoms with E-state index < -0.39 is 21.7 Å². The van der Waals surface area contributed by atoms with Crippen molar-refractivity contribution in [1.82, 2.24) is 14.6 Å². The number of halogens is 1.